The molecule has 0 aliphatic rings. The van der Waals surface area contributed by atoms with Crippen molar-refractivity contribution < 1.29 is 9.52 Å². The van der Waals surface area contributed by atoms with Crippen LogP contribution in [0.4, 0.5) is 0 Å². The van der Waals surface area contributed by atoms with E-state index in [2.05, 4.69) is 0 Å². The summed E-state index contributed by atoms with van der Waals surface area (Å²) in [4.78, 5) is 0. The van der Waals surface area contributed by atoms with Gasteiger partial charge in [-0.2, -0.15) is 0 Å². The normalized spacial score (nSPS) is 11.3. The van der Waals surface area contributed by atoms with Crippen LogP contribution in [-0.2, 0) is 0 Å². The quantitative estimate of drug-likeness (QED) is 0.495. The Morgan fingerprint density at radius 2 is 1.57 bits per heavy atom. The zero-order chi connectivity index (χ0) is 14.4. The minimum absolute atomic E-state index is 0.224. The maximum atomic E-state index is 10.4. The molecule has 3 aromatic carbocycles. The minimum Gasteiger partial charge on any atom is -0.507 e. The highest BCUT2D eigenvalue weighted by atomic mass is 35.5. The van der Waals surface area contributed by atoms with Crippen molar-refractivity contribution in [2.45, 2.75) is 0 Å². The average Bonchev–Trinajstić information content (AvgIpc) is 2.86. The molecule has 0 aliphatic carbocycles. The van der Waals surface area contributed by atoms with Crippen LogP contribution in [0.1, 0.15) is 0 Å². The van der Waals surface area contributed by atoms with E-state index in [0.717, 1.165) is 27.5 Å². The molecule has 0 bridgehead atoms. The third-order valence-corrected chi connectivity index (χ3v) is 3.89. The molecule has 102 valence electrons. The second-order valence-corrected chi connectivity index (χ2v) is 5.41. The standard InChI is InChI=1S/C18H11ClO2/c19-13-7-5-11(6-8-13)12-9-15(20)18-14-3-1-2-4-16(14)21-17(18)10-12/h1-10,20H. The van der Waals surface area contributed by atoms with E-state index in [1.165, 1.54) is 0 Å². The molecular weight excluding hydrogens is 284 g/mol. The molecule has 3 heteroatoms. The van der Waals surface area contributed by atoms with Crippen LogP contribution in [0, 0.1) is 0 Å². The van der Waals surface area contributed by atoms with Crippen molar-refractivity contribution in [2.75, 3.05) is 0 Å². The molecular formula is C18H11ClO2. The predicted octanol–water partition coefficient (Wildman–Crippen LogP) is 5.61. The Labute approximate surface area is 126 Å². The van der Waals surface area contributed by atoms with Crippen LogP contribution in [-0.4, -0.2) is 5.11 Å². The van der Waals surface area contributed by atoms with E-state index in [9.17, 15) is 5.11 Å². The summed E-state index contributed by atoms with van der Waals surface area (Å²) < 4.78 is 5.83. The number of halogens is 1. The second-order valence-electron chi connectivity index (χ2n) is 4.97. The Hall–Kier alpha value is -2.45. The summed E-state index contributed by atoms with van der Waals surface area (Å²) in [5, 5.41) is 12.7. The highest BCUT2D eigenvalue weighted by Crippen LogP contribution is 2.38. The van der Waals surface area contributed by atoms with E-state index >= 15 is 0 Å². The summed E-state index contributed by atoms with van der Waals surface area (Å²) in [5.41, 5.74) is 3.34. The van der Waals surface area contributed by atoms with Gasteiger partial charge in [-0.25, -0.2) is 0 Å². The van der Waals surface area contributed by atoms with Crippen LogP contribution in [0.3, 0.4) is 0 Å². The third-order valence-electron chi connectivity index (χ3n) is 3.64. The first kappa shape index (κ1) is 12.3. The number of rotatable bonds is 1. The zero-order valence-electron chi connectivity index (χ0n) is 11.0. The van der Waals surface area contributed by atoms with Gasteiger partial charge >= 0.3 is 0 Å². The highest BCUT2D eigenvalue weighted by Gasteiger charge is 2.12. The fourth-order valence-electron chi connectivity index (χ4n) is 2.64. The van der Waals surface area contributed by atoms with Crippen LogP contribution < -0.4 is 0 Å². The molecule has 0 atom stereocenters. The lowest BCUT2D eigenvalue weighted by Gasteiger charge is -2.03. The summed E-state index contributed by atoms with van der Waals surface area (Å²) in [6.45, 7) is 0. The summed E-state index contributed by atoms with van der Waals surface area (Å²) in [6, 6.07) is 18.9. The Balaban J connectivity index is 2.00. The van der Waals surface area contributed by atoms with Gasteiger partial charge in [0.2, 0.25) is 0 Å². The van der Waals surface area contributed by atoms with E-state index in [1.54, 1.807) is 6.07 Å². The Morgan fingerprint density at radius 1 is 0.810 bits per heavy atom. The summed E-state index contributed by atoms with van der Waals surface area (Å²) in [5.74, 6) is 0.224. The first-order chi connectivity index (χ1) is 10.2. The first-order valence-corrected chi connectivity index (χ1v) is 7.00. The molecule has 1 N–H and O–H groups in total. The number of hydrogen-bond acceptors (Lipinski definition) is 2. The number of phenols is 1. The van der Waals surface area contributed by atoms with Gasteiger partial charge in [0.15, 0.2) is 0 Å². The van der Waals surface area contributed by atoms with Gasteiger partial charge in [0.05, 0.1) is 5.39 Å². The van der Waals surface area contributed by atoms with Crippen LogP contribution >= 0.6 is 11.6 Å². The molecule has 21 heavy (non-hydrogen) atoms. The SMILES string of the molecule is Oc1cc(-c2ccc(Cl)cc2)cc2oc3ccccc3c12. The predicted molar refractivity (Wildman–Crippen MR) is 85.8 cm³/mol. The van der Waals surface area contributed by atoms with E-state index in [-0.39, 0.29) is 5.75 Å². The summed E-state index contributed by atoms with van der Waals surface area (Å²) in [7, 11) is 0. The van der Waals surface area contributed by atoms with Crippen molar-refractivity contribution in [1.29, 1.82) is 0 Å². The van der Waals surface area contributed by atoms with Crippen molar-refractivity contribution >= 4 is 33.5 Å². The van der Waals surface area contributed by atoms with Crippen LogP contribution in [0.2, 0.25) is 5.02 Å². The summed E-state index contributed by atoms with van der Waals surface area (Å²) in [6.07, 6.45) is 0. The number of para-hydroxylation sites is 1. The van der Waals surface area contributed by atoms with Crippen LogP contribution in [0.5, 0.6) is 5.75 Å². The van der Waals surface area contributed by atoms with Crippen molar-refractivity contribution in [3.05, 3.63) is 65.7 Å². The maximum Gasteiger partial charge on any atom is 0.139 e. The minimum atomic E-state index is 0.224. The van der Waals surface area contributed by atoms with Crippen molar-refractivity contribution in [1.82, 2.24) is 0 Å². The first-order valence-electron chi connectivity index (χ1n) is 6.62. The molecule has 0 fully saturated rings. The number of benzene rings is 3. The van der Waals surface area contributed by atoms with Gasteiger partial charge < -0.3 is 9.52 Å². The highest BCUT2D eigenvalue weighted by molar-refractivity contribution is 6.30. The Bertz CT molecular complexity index is 952. The van der Waals surface area contributed by atoms with Crippen molar-refractivity contribution in [3.8, 4) is 16.9 Å². The molecule has 0 saturated carbocycles. The fourth-order valence-corrected chi connectivity index (χ4v) is 2.77. The molecule has 4 aromatic rings. The lowest BCUT2D eigenvalue weighted by molar-refractivity contribution is 0.482. The van der Waals surface area contributed by atoms with Gasteiger partial charge in [-0.05, 0) is 41.5 Å². The Kier molecular flexibility index (Phi) is 2.66. The molecule has 0 unspecified atom stereocenters. The van der Waals surface area contributed by atoms with Gasteiger partial charge in [0.1, 0.15) is 16.9 Å². The molecule has 1 heterocycles. The van der Waals surface area contributed by atoms with Gasteiger partial charge in [-0.15, -0.1) is 0 Å². The Morgan fingerprint density at radius 3 is 2.38 bits per heavy atom. The smallest absolute Gasteiger partial charge is 0.139 e. The molecule has 0 radical (unpaired) electrons. The molecule has 0 amide bonds. The largest absolute Gasteiger partial charge is 0.507 e. The van der Waals surface area contributed by atoms with Crippen molar-refractivity contribution in [3.63, 3.8) is 0 Å². The second kappa shape index (κ2) is 4.54. The van der Waals surface area contributed by atoms with E-state index in [4.69, 9.17) is 16.0 Å². The third kappa shape index (κ3) is 1.96. The van der Waals surface area contributed by atoms with Crippen LogP contribution in [0.25, 0.3) is 33.1 Å². The monoisotopic (exact) mass is 294 g/mol. The zero-order valence-corrected chi connectivity index (χ0v) is 11.8. The van der Waals surface area contributed by atoms with Gasteiger partial charge in [-0.1, -0.05) is 41.9 Å². The molecule has 0 aliphatic heterocycles. The van der Waals surface area contributed by atoms with Gasteiger partial charge in [0, 0.05) is 10.4 Å². The topological polar surface area (TPSA) is 33.4 Å². The summed E-state index contributed by atoms with van der Waals surface area (Å²) >= 11 is 5.91. The van der Waals surface area contributed by atoms with E-state index in [1.807, 2.05) is 54.6 Å². The molecule has 0 spiro atoms. The molecule has 2 nitrogen and oxygen atoms in total. The number of phenolic OH excluding ortho intramolecular Hbond substituents is 1. The molecule has 0 saturated heterocycles. The van der Waals surface area contributed by atoms with E-state index in [0.29, 0.717) is 10.6 Å². The molecule has 1 aromatic heterocycles. The lowest BCUT2D eigenvalue weighted by atomic mass is 10.0. The van der Waals surface area contributed by atoms with E-state index < -0.39 is 0 Å². The number of furan rings is 1. The average molecular weight is 295 g/mol. The number of hydrogen-bond donors (Lipinski definition) is 1. The molecule has 4 rings (SSSR count). The van der Waals surface area contributed by atoms with Gasteiger partial charge in [-0.3, -0.25) is 0 Å². The van der Waals surface area contributed by atoms with Crippen molar-refractivity contribution in [2.24, 2.45) is 0 Å². The fraction of sp³-hybridized carbons (Fsp3) is 0. The number of fused-ring (bicyclic) bond motifs is 3. The maximum absolute atomic E-state index is 10.4. The van der Waals surface area contributed by atoms with Crippen LogP contribution in [0.15, 0.2) is 65.1 Å². The number of aromatic hydroxyl groups is 1. The lowest BCUT2D eigenvalue weighted by Crippen LogP contribution is -1.78. The van der Waals surface area contributed by atoms with Gasteiger partial charge in [0.25, 0.3) is 0 Å².